The van der Waals surface area contributed by atoms with Crippen molar-refractivity contribution in [2.45, 2.75) is 38.3 Å². The molecule has 4 nitrogen and oxygen atoms in total. The van der Waals surface area contributed by atoms with E-state index in [0.717, 1.165) is 25.9 Å². The topological polar surface area (TPSA) is 66.6 Å². The van der Waals surface area contributed by atoms with Gasteiger partial charge in [-0.2, -0.15) is 0 Å². The summed E-state index contributed by atoms with van der Waals surface area (Å²) < 4.78 is 0. The lowest BCUT2D eigenvalue weighted by Gasteiger charge is -2.24. The number of amides is 1. The average molecular weight is 262 g/mol. The van der Waals surface area contributed by atoms with E-state index >= 15 is 0 Å². The molecule has 2 rings (SSSR count). The van der Waals surface area contributed by atoms with Crippen LogP contribution in [0.15, 0.2) is 24.3 Å². The molecule has 104 valence electrons. The van der Waals surface area contributed by atoms with Gasteiger partial charge < -0.3 is 10.8 Å². The summed E-state index contributed by atoms with van der Waals surface area (Å²) in [6, 6.07) is 8.11. The van der Waals surface area contributed by atoms with Gasteiger partial charge in [0.25, 0.3) is 0 Å². The summed E-state index contributed by atoms with van der Waals surface area (Å²) in [6.07, 6.45) is 4.40. The quantitative estimate of drug-likeness (QED) is 0.817. The molecule has 1 unspecified atom stereocenters. The van der Waals surface area contributed by atoms with Crippen LogP contribution < -0.4 is 5.73 Å². The molecule has 1 aromatic rings. The van der Waals surface area contributed by atoms with E-state index < -0.39 is 0 Å². The van der Waals surface area contributed by atoms with Crippen LogP contribution in [0.5, 0.6) is 0 Å². The van der Waals surface area contributed by atoms with Gasteiger partial charge in [0.05, 0.1) is 0 Å². The predicted molar refractivity (Wildman–Crippen MR) is 74.7 cm³/mol. The second-order valence-corrected chi connectivity index (χ2v) is 5.19. The van der Waals surface area contributed by atoms with Gasteiger partial charge in [0, 0.05) is 24.8 Å². The van der Waals surface area contributed by atoms with Gasteiger partial charge in [-0.05, 0) is 49.9 Å². The number of carbonyl (C=O) groups is 1. The van der Waals surface area contributed by atoms with Crippen LogP contribution in [-0.4, -0.2) is 35.1 Å². The van der Waals surface area contributed by atoms with Gasteiger partial charge in [0.1, 0.15) is 0 Å². The number of nitrogens with zero attached hydrogens (tertiary/aromatic N) is 1. The Hall–Kier alpha value is -1.39. The first-order valence-electron chi connectivity index (χ1n) is 6.94. The molecule has 0 saturated carbocycles. The molecule has 1 atom stereocenters. The van der Waals surface area contributed by atoms with Crippen molar-refractivity contribution in [3.63, 3.8) is 0 Å². The van der Waals surface area contributed by atoms with Gasteiger partial charge in [0.15, 0.2) is 0 Å². The monoisotopic (exact) mass is 262 g/mol. The third kappa shape index (κ3) is 3.78. The largest absolute Gasteiger partial charge is 0.396 e. The van der Waals surface area contributed by atoms with Crippen LogP contribution in [0.1, 0.15) is 41.6 Å². The summed E-state index contributed by atoms with van der Waals surface area (Å²) >= 11 is 0. The predicted octanol–water partition coefficient (Wildman–Crippen LogP) is 1.52. The summed E-state index contributed by atoms with van der Waals surface area (Å²) in [7, 11) is 0. The Morgan fingerprint density at radius 1 is 1.37 bits per heavy atom. The van der Waals surface area contributed by atoms with Crippen LogP contribution in [0.3, 0.4) is 0 Å². The number of rotatable bonds is 6. The molecule has 1 aromatic carbocycles. The minimum absolute atomic E-state index is 0.275. The lowest BCUT2D eigenvalue weighted by atomic mass is 10.1. The van der Waals surface area contributed by atoms with Crippen molar-refractivity contribution in [3.05, 3.63) is 35.4 Å². The van der Waals surface area contributed by atoms with E-state index in [1.54, 1.807) is 12.1 Å². The summed E-state index contributed by atoms with van der Waals surface area (Å²) in [5, 5.41) is 8.92. The van der Waals surface area contributed by atoms with E-state index in [9.17, 15) is 4.79 Å². The molecule has 1 heterocycles. The van der Waals surface area contributed by atoms with E-state index in [4.69, 9.17) is 10.8 Å². The number of likely N-dealkylation sites (tertiary alicyclic amines) is 1. The molecule has 1 fully saturated rings. The second kappa shape index (κ2) is 6.68. The smallest absolute Gasteiger partial charge is 0.248 e. The molecule has 0 radical (unpaired) electrons. The van der Waals surface area contributed by atoms with Crippen molar-refractivity contribution in [1.29, 1.82) is 0 Å². The maximum absolute atomic E-state index is 11.0. The van der Waals surface area contributed by atoms with Gasteiger partial charge in [-0.3, -0.25) is 9.69 Å². The van der Waals surface area contributed by atoms with Crippen molar-refractivity contribution >= 4 is 5.91 Å². The minimum atomic E-state index is -0.381. The number of carbonyl (C=O) groups excluding carboxylic acids is 1. The van der Waals surface area contributed by atoms with Crippen molar-refractivity contribution in [3.8, 4) is 0 Å². The maximum Gasteiger partial charge on any atom is 0.248 e. The summed E-state index contributed by atoms with van der Waals surface area (Å²) in [4.78, 5) is 13.5. The van der Waals surface area contributed by atoms with Crippen LogP contribution in [0.25, 0.3) is 0 Å². The second-order valence-electron chi connectivity index (χ2n) is 5.19. The summed E-state index contributed by atoms with van der Waals surface area (Å²) in [5.74, 6) is -0.381. The van der Waals surface area contributed by atoms with Crippen LogP contribution in [0.4, 0.5) is 0 Å². The van der Waals surface area contributed by atoms with Crippen LogP contribution in [0.2, 0.25) is 0 Å². The van der Waals surface area contributed by atoms with E-state index in [1.165, 1.54) is 18.4 Å². The molecule has 0 bridgehead atoms. The van der Waals surface area contributed by atoms with Crippen molar-refractivity contribution in [2.24, 2.45) is 5.73 Å². The van der Waals surface area contributed by atoms with Crippen molar-refractivity contribution < 1.29 is 9.90 Å². The Bertz CT molecular complexity index is 417. The zero-order valence-electron chi connectivity index (χ0n) is 11.2. The first kappa shape index (κ1) is 14.0. The van der Waals surface area contributed by atoms with Gasteiger partial charge in [-0.1, -0.05) is 12.1 Å². The molecular weight excluding hydrogens is 240 g/mol. The van der Waals surface area contributed by atoms with Crippen LogP contribution in [-0.2, 0) is 6.54 Å². The summed E-state index contributed by atoms with van der Waals surface area (Å²) in [5.41, 5.74) is 7.00. The number of nitrogens with two attached hydrogens (primary N) is 1. The number of aliphatic hydroxyl groups is 1. The lowest BCUT2D eigenvalue weighted by molar-refractivity contribution is 0.100. The number of benzene rings is 1. The Morgan fingerprint density at radius 3 is 2.74 bits per heavy atom. The molecule has 0 aliphatic carbocycles. The van der Waals surface area contributed by atoms with Gasteiger partial charge in [-0.15, -0.1) is 0 Å². The lowest BCUT2D eigenvalue weighted by Crippen LogP contribution is -2.29. The van der Waals surface area contributed by atoms with Crippen LogP contribution >= 0.6 is 0 Å². The first-order valence-corrected chi connectivity index (χ1v) is 6.94. The van der Waals surface area contributed by atoms with Crippen molar-refractivity contribution in [1.82, 2.24) is 4.90 Å². The molecule has 19 heavy (non-hydrogen) atoms. The molecule has 1 aliphatic heterocycles. The molecular formula is C15H22N2O2. The Kier molecular flexibility index (Phi) is 4.93. The molecule has 1 amide bonds. The van der Waals surface area contributed by atoms with E-state index in [0.29, 0.717) is 11.6 Å². The van der Waals surface area contributed by atoms with Gasteiger partial charge in [0.2, 0.25) is 5.91 Å². The molecule has 1 aliphatic rings. The SMILES string of the molecule is NC(=O)c1ccc(CN2CCCC2CCCO)cc1. The van der Waals surface area contributed by atoms with Crippen LogP contribution in [0, 0.1) is 0 Å². The van der Waals surface area contributed by atoms with Gasteiger partial charge >= 0.3 is 0 Å². The Balaban J connectivity index is 1.94. The summed E-state index contributed by atoms with van der Waals surface area (Å²) in [6.45, 7) is 2.31. The zero-order chi connectivity index (χ0) is 13.7. The molecule has 0 aromatic heterocycles. The number of hydrogen-bond donors (Lipinski definition) is 2. The third-order valence-electron chi connectivity index (χ3n) is 3.82. The molecule has 3 N–H and O–H groups in total. The third-order valence-corrected chi connectivity index (χ3v) is 3.82. The van der Waals surface area contributed by atoms with Gasteiger partial charge in [-0.25, -0.2) is 0 Å². The van der Waals surface area contributed by atoms with E-state index in [2.05, 4.69) is 4.90 Å². The number of aliphatic hydroxyl groups excluding tert-OH is 1. The fourth-order valence-corrected chi connectivity index (χ4v) is 2.77. The van der Waals surface area contributed by atoms with E-state index in [-0.39, 0.29) is 12.5 Å². The molecule has 1 saturated heterocycles. The highest BCUT2D eigenvalue weighted by molar-refractivity contribution is 5.92. The fraction of sp³-hybridized carbons (Fsp3) is 0.533. The standard InChI is InChI=1S/C15H22N2O2/c16-15(19)13-7-5-12(6-8-13)11-17-9-1-3-14(17)4-2-10-18/h5-8,14,18H,1-4,9-11H2,(H2,16,19). The average Bonchev–Trinajstić information content (AvgIpc) is 2.84. The Morgan fingerprint density at radius 2 is 2.11 bits per heavy atom. The van der Waals surface area contributed by atoms with Crippen molar-refractivity contribution in [2.75, 3.05) is 13.2 Å². The number of hydrogen-bond acceptors (Lipinski definition) is 3. The highest BCUT2D eigenvalue weighted by Gasteiger charge is 2.23. The zero-order valence-corrected chi connectivity index (χ0v) is 11.2. The normalized spacial score (nSPS) is 19.7. The molecule has 0 spiro atoms. The Labute approximate surface area is 114 Å². The highest BCUT2D eigenvalue weighted by atomic mass is 16.2. The minimum Gasteiger partial charge on any atom is -0.396 e. The highest BCUT2D eigenvalue weighted by Crippen LogP contribution is 2.23. The maximum atomic E-state index is 11.0. The molecule has 4 heteroatoms. The first-order chi connectivity index (χ1) is 9.20. The van der Waals surface area contributed by atoms with E-state index in [1.807, 2.05) is 12.1 Å². The fourth-order valence-electron chi connectivity index (χ4n) is 2.77. The number of primary amides is 1.